The maximum atomic E-state index is 12.7. The minimum Gasteiger partial charge on any atom is -0.506 e. The van der Waals surface area contributed by atoms with Gasteiger partial charge < -0.3 is 19.3 Å². The highest BCUT2D eigenvalue weighted by atomic mass is 32.1. The third-order valence-corrected chi connectivity index (χ3v) is 5.97. The van der Waals surface area contributed by atoms with Crippen LogP contribution in [-0.2, 0) is 11.8 Å². The van der Waals surface area contributed by atoms with Crippen molar-refractivity contribution in [1.29, 1.82) is 0 Å². The average molecular weight is 396 g/mol. The number of aromatic hydroxyl groups is 1. The van der Waals surface area contributed by atoms with Gasteiger partial charge >= 0.3 is 0 Å². The largest absolute Gasteiger partial charge is 0.506 e. The first-order valence-electron chi connectivity index (χ1n) is 9.02. The molecule has 3 heterocycles. The first kappa shape index (κ1) is 18.5. The van der Waals surface area contributed by atoms with Gasteiger partial charge in [-0.05, 0) is 36.4 Å². The van der Waals surface area contributed by atoms with Crippen LogP contribution < -0.4 is 10.5 Å². The van der Waals surface area contributed by atoms with E-state index in [4.69, 9.17) is 4.74 Å². The van der Waals surface area contributed by atoms with E-state index < -0.39 is 11.3 Å². The molecule has 144 valence electrons. The standard InChI is InChI=1S/C21H20N2O4S/c1-22-16-5-3-2-4-15(16)20(25)19(21(22)26)17(24)8-6-14-7-9-18(28-14)23-10-12-27-13-11-23/h2-9,25H,10-13H2,1H3/b8-6+. The second kappa shape index (κ2) is 7.61. The molecule has 0 aliphatic carbocycles. The summed E-state index contributed by atoms with van der Waals surface area (Å²) in [6.07, 6.45) is 3.03. The van der Waals surface area contributed by atoms with Crippen molar-refractivity contribution >= 4 is 39.1 Å². The number of benzene rings is 1. The van der Waals surface area contributed by atoms with Crippen LogP contribution in [-0.4, -0.2) is 41.8 Å². The lowest BCUT2D eigenvalue weighted by Crippen LogP contribution is -2.35. The van der Waals surface area contributed by atoms with Gasteiger partial charge in [0.25, 0.3) is 5.56 Å². The SMILES string of the molecule is Cn1c(=O)c(C(=O)/C=C/c2ccc(N3CCOCC3)s2)c(O)c2ccccc21. The zero-order valence-electron chi connectivity index (χ0n) is 15.4. The van der Waals surface area contributed by atoms with Gasteiger partial charge in [-0.15, -0.1) is 11.3 Å². The number of morpholine rings is 1. The molecule has 0 unspecified atom stereocenters. The van der Waals surface area contributed by atoms with E-state index in [1.165, 1.54) is 10.6 Å². The average Bonchev–Trinajstić information content (AvgIpc) is 3.20. The van der Waals surface area contributed by atoms with E-state index in [9.17, 15) is 14.7 Å². The van der Waals surface area contributed by atoms with E-state index >= 15 is 0 Å². The fraction of sp³-hybridized carbons (Fsp3) is 0.238. The van der Waals surface area contributed by atoms with Crippen molar-refractivity contribution < 1.29 is 14.6 Å². The summed E-state index contributed by atoms with van der Waals surface area (Å²) in [5.41, 5.74) is -0.132. The van der Waals surface area contributed by atoms with E-state index in [1.54, 1.807) is 48.7 Å². The molecule has 4 rings (SSSR count). The number of pyridine rings is 1. The lowest BCUT2D eigenvalue weighted by atomic mass is 10.1. The molecule has 1 aliphatic rings. The Balaban J connectivity index is 1.62. The van der Waals surface area contributed by atoms with Crippen LogP contribution in [0.4, 0.5) is 5.00 Å². The van der Waals surface area contributed by atoms with E-state index in [-0.39, 0.29) is 11.3 Å². The lowest BCUT2D eigenvalue weighted by molar-refractivity contribution is 0.104. The highest BCUT2D eigenvalue weighted by molar-refractivity contribution is 7.16. The summed E-state index contributed by atoms with van der Waals surface area (Å²) in [5.74, 6) is -0.779. The fourth-order valence-corrected chi connectivity index (χ4v) is 4.29. The normalized spacial score (nSPS) is 14.8. The minimum atomic E-state index is -0.509. The van der Waals surface area contributed by atoms with Gasteiger partial charge in [0.05, 0.1) is 23.7 Å². The summed E-state index contributed by atoms with van der Waals surface area (Å²) in [4.78, 5) is 28.4. The van der Waals surface area contributed by atoms with Gasteiger partial charge in [0.15, 0.2) is 5.78 Å². The Bertz CT molecular complexity index is 1120. The topological polar surface area (TPSA) is 71.8 Å². The highest BCUT2D eigenvalue weighted by Gasteiger charge is 2.19. The molecule has 0 bridgehead atoms. The van der Waals surface area contributed by atoms with Crippen LogP contribution in [0, 0.1) is 0 Å². The molecule has 1 aromatic carbocycles. The molecule has 1 aliphatic heterocycles. The van der Waals surface area contributed by atoms with Crippen molar-refractivity contribution in [3.8, 4) is 5.75 Å². The molecule has 0 radical (unpaired) electrons. The number of thiophene rings is 1. The number of para-hydroxylation sites is 1. The van der Waals surface area contributed by atoms with Gasteiger partial charge in [0.2, 0.25) is 0 Å². The van der Waals surface area contributed by atoms with E-state index in [2.05, 4.69) is 4.90 Å². The second-order valence-corrected chi connectivity index (χ2v) is 7.67. The number of hydrogen-bond acceptors (Lipinski definition) is 6. The zero-order chi connectivity index (χ0) is 19.7. The van der Waals surface area contributed by atoms with Gasteiger partial charge in [-0.2, -0.15) is 0 Å². The number of nitrogens with zero attached hydrogens (tertiary/aromatic N) is 2. The molecule has 1 saturated heterocycles. The molecule has 2 aromatic heterocycles. The molecule has 6 nitrogen and oxygen atoms in total. The fourth-order valence-electron chi connectivity index (χ4n) is 3.33. The van der Waals surface area contributed by atoms with Crippen LogP contribution in [0.5, 0.6) is 5.75 Å². The number of anilines is 1. The molecule has 3 aromatic rings. The molecule has 1 fully saturated rings. The summed E-state index contributed by atoms with van der Waals surface area (Å²) in [7, 11) is 1.60. The molecule has 7 heteroatoms. The third kappa shape index (κ3) is 3.34. The summed E-state index contributed by atoms with van der Waals surface area (Å²) in [5, 5.41) is 12.1. The Morgan fingerprint density at radius 3 is 2.71 bits per heavy atom. The van der Waals surface area contributed by atoms with Gasteiger partial charge in [-0.1, -0.05) is 12.1 Å². The third-order valence-electron chi connectivity index (χ3n) is 4.86. The zero-order valence-corrected chi connectivity index (χ0v) is 16.2. The van der Waals surface area contributed by atoms with Crippen LogP contribution in [0.25, 0.3) is 17.0 Å². The van der Waals surface area contributed by atoms with Gasteiger partial charge in [-0.25, -0.2) is 0 Å². The Morgan fingerprint density at radius 1 is 1.18 bits per heavy atom. The van der Waals surface area contributed by atoms with E-state index in [0.29, 0.717) is 24.1 Å². The monoisotopic (exact) mass is 396 g/mol. The van der Waals surface area contributed by atoms with Crippen LogP contribution in [0.1, 0.15) is 15.2 Å². The number of ether oxygens (including phenoxy) is 1. The molecular formula is C21H20N2O4S. The first-order valence-corrected chi connectivity index (χ1v) is 9.83. The van der Waals surface area contributed by atoms with Crippen LogP contribution >= 0.6 is 11.3 Å². The number of aryl methyl sites for hydroxylation is 1. The molecule has 0 saturated carbocycles. The van der Waals surface area contributed by atoms with Crippen molar-refractivity contribution in [3.05, 3.63) is 63.3 Å². The van der Waals surface area contributed by atoms with Gasteiger partial charge in [0.1, 0.15) is 11.3 Å². The highest BCUT2D eigenvalue weighted by Crippen LogP contribution is 2.29. The summed E-state index contributed by atoms with van der Waals surface area (Å²) >= 11 is 1.58. The number of carbonyl (C=O) groups is 1. The maximum Gasteiger partial charge on any atom is 0.265 e. The summed E-state index contributed by atoms with van der Waals surface area (Å²) < 4.78 is 6.75. The smallest absolute Gasteiger partial charge is 0.265 e. The Kier molecular flexibility index (Phi) is 5.02. The number of rotatable bonds is 4. The quantitative estimate of drug-likeness (QED) is 0.542. The van der Waals surface area contributed by atoms with Crippen LogP contribution in [0.15, 0.2) is 47.3 Å². The van der Waals surface area contributed by atoms with Crippen LogP contribution in [0.3, 0.4) is 0 Å². The molecule has 0 amide bonds. The van der Waals surface area contributed by atoms with Crippen molar-refractivity contribution in [3.63, 3.8) is 0 Å². The van der Waals surface area contributed by atoms with Gasteiger partial charge in [-0.3, -0.25) is 9.59 Å². The van der Waals surface area contributed by atoms with Crippen molar-refractivity contribution in [2.75, 3.05) is 31.2 Å². The molecule has 0 spiro atoms. The predicted molar refractivity (Wildman–Crippen MR) is 112 cm³/mol. The molecular weight excluding hydrogens is 376 g/mol. The number of aromatic nitrogens is 1. The predicted octanol–water partition coefficient (Wildman–Crippen LogP) is 3.04. The molecule has 28 heavy (non-hydrogen) atoms. The summed E-state index contributed by atoms with van der Waals surface area (Å²) in [6.45, 7) is 3.13. The van der Waals surface area contributed by atoms with Crippen LogP contribution in [0.2, 0.25) is 0 Å². The minimum absolute atomic E-state index is 0.206. The van der Waals surface area contributed by atoms with E-state index in [0.717, 1.165) is 23.0 Å². The van der Waals surface area contributed by atoms with Gasteiger partial charge in [0, 0.05) is 30.4 Å². The first-order chi connectivity index (χ1) is 13.6. The Labute approximate surface area is 165 Å². The number of hydrogen-bond donors (Lipinski definition) is 1. The number of carbonyl (C=O) groups excluding carboxylic acids is 1. The lowest BCUT2D eigenvalue weighted by Gasteiger charge is -2.27. The Morgan fingerprint density at radius 2 is 1.93 bits per heavy atom. The summed E-state index contributed by atoms with van der Waals surface area (Å²) in [6, 6.07) is 10.9. The van der Waals surface area contributed by atoms with Crippen molar-refractivity contribution in [2.45, 2.75) is 0 Å². The maximum absolute atomic E-state index is 12.7. The van der Waals surface area contributed by atoms with Crippen molar-refractivity contribution in [1.82, 2.24) is 4.57 Å². The van der Waals surface area contributed by atoms with E-state index in [1.807, 2.05) is 12.1 Å². The number of ketones is 1. The number of allylic oxidation sites excluding steroid dienone is 1. The second-order valence-electron chi connectivity index (χ2n) is 6.58. The number of fused-ring (bicyclic) bond motifs is 1. The molecule has 0 atom stereocenters. The van der Waals surface area contributed by atoms with Crippen molar-refractivity contribution in [2.24, 2.45) is 7.05 Å². The molecule has 1 N–H and O–H groups in total. The Hall–Kier alpha value is -2.90.